The van der Waals surface area contributed by atoms with Crippen molar-refractivity contribution in [3.63, 3.8) is 0 Å². The summed E-state index contributed by atoms with van der Waals surface area (Å²) >= 11 is 1.66. The smallest absolute Gasteiger partial charge is 0.227 e. The highest BCUT2D eigenvalue weighted by atomic mass is 32.1. The quantitative estimate of drug-likeness (QED) is 0.639. The number of ether oxygens (including phenoxy) is 4. The molecule has 152 valence electrons. The summed E-state index contributed by atoms with van der Waals surface area (Å²) in [6.07, 6.45) is 2.43. The van der Waals surface area contributed by atoms with Gasteiger partial charge in [0.1, 0.15) is 0 Å². The van der Waals surface area contributed by atoms with Crippen molar-refractivity contribution in [1.82, 2.24) is 4.90 Å². The van der Waals surface area contributed by atoms with E-state index in [9.17, 15) is 4.79 Å². The first-order valence-corrected chi connectivity index (χ1v) is 10.2. The maximum absolute atomic E-state index is 13.1. The van der Waals surface area contributed by atoms with E-state index in [1.54, 1.807) is 32.7 Å². The number of carbonyl (C=O) groups excluding carboxylic acids is 1. The molecule has 1 atom stereocenters. The highest BCUT2D eigenvalue weighted by Gasteiger charge is 2.24. The van der Waals surface area contributed by atoms with Gasteiger partial charge in [-0.15, -0.1) is 11.3 Å². The lowest BCUT2D eigenvalue weighted by Crippen LogP contribution is -2.37. The Bertz CT molecular complexity index is 746. The normalized spacial score (nSPS) is 16.0. The Hall–Kier alpha value is -2.25. The van der Waals surface area contributed by atoms with Crippen molar-refractivity contribution in [2.24, 2.45) is 0 Å². The summed E-state index contributed by atoms with van der Waals surface area (Å²) in [4.78, 5) is 16.2. The molecule has 7 heteroatoms. The van der Waals surface area contributed by atoms with Gasteiger partial charge in [-0.3, -0.25) is 4.79 Å². The minimum Gasteiger partial charge on any atom is -0.493 e. The summed E-state index contributed by atoms with van der Waals surface area (Å²) in [6.45, 7) is 1.99. The number of hydrogen-bond acceptors (Lipinski definition) is 6. The predicted octanol–water partition coefficient (Wildman–Crippen LogP) is 3.52. The second kappa shape index (κ2) is 9.80. The molecule has 0 aliphatic carbocycles. The first-order chi connectivity index (χ1) is 13.6. The molecule has 1 saturated heterocycles. The second-order valence-corrected chi connectivity index (χ2v) is 7.73. The van der Waals surface area contributed by atoms with E-state index < -0.39 is 0 Å². The molecule has 2 heterocycles. The fourth-order valence-corrected chi connectivity index (χ4v) is 4.12. The van der Waals surface area contributed by atoms with Crippen LogP contribution in [0.2, 0.25) is 0 Å². The standard InChI is InChI=1S/C21H27NO5S/c1-24-18-10-15(11-19(25-2)21(18)26-3)12-20(23)22(13-16-6-4-8-27-16)14-17-7-5-9-28-17/h5,7,9-11,16H,4,6,8,12-14H2,1-3H3/t16-/m1/s1. The number of rotatable bonds is 9. The van der Waals surface area contributed by atoms with Gasteiger partial charge in [0.25, 0.3) is 0 Å². The first-order valence-electron chi connectivity index (χ1n) is 9.35. The van der Waals surface area contributed by atoms with Gasteiger partial charge in [0, 0.05) is 18.0 Å². The molecule has 0 bridgehead atoms. The highest BCUT2D eigenvalue weighted by molar-refractivity contribution is 7.09. The van der Waals surface area contributed by atoms with Crippen LogP contribution in [0.3, 0.4) is 0 Å². The molecule has 1 aromatic heterocycles. The van der Waals surface area contributed by atoms with Crippen LogP contribution < -0.4 is 14.2 Å². The van der Waals surface area contributed by atoms with Crippen LogP contribution in [-0.2, 0) is 22.5 Å². The van der Waals surface area contributed by atoms with Crippen molar-refractivity contribution in [2.45, 2.75) is 31.9 Å². The van der Waals surface area contributed by atoms with E-state index in [0.29, 0.717) is 30.3 Å². The van der Waals surface area contributed by atoms with Gasteiger partial charge in [-0.2, -0.15) is 0 Å². The molecule has 0 N–H and O–H groups in total. The molecule has 0 saturated carbocycles. The summed E-state index contributed by atoms with van der Waals surface area (Å²) in [5, 5.41) is 2.03. The first kappa shape index (κ1) is 20.5. The van der Waals surface area contributed by atoms with Crippen LogP contribution in [0, 0.1) is 0 Å². The van der Waals surface area contributed by atoms with Crippen molar-refractivity contribution >= 4 is 17.2 Å². The highest BCUT2D eigenvalue weighted by Crippen LogP contribution is 2.38. The molecule has 0 radical (unpaired) electrons. The van der Waals surface area contributed by atoms with E-state index >= 15 is 0 Å². The van der Waals surface area contributed by atoms with Crippen molar-refractivity contribution in [1.29, 1.82) is 0 Å². The average Bonchev–Trinajstić information content (AvgIpc) is 3.40. The third kappa shape index (κ3) is 4.97. The molecule has 0 spiro atoms. The molecule has 1 aromatic carbocycles. The zero-order valence-corrected chi connectivity index (χ0v) is 17.4. The molecule has 1 fully saturated rings. The zero-order chi connectivity index (χ0) is 19.9. The molecule has 1 aliphatic heterocycles. The van der Waals surface area contributed by atoms with Gasteiger partial charge in [0.2, 0.25) is 11.7 Å². The summed E-state index contributed by atoms with van der Waals surface area (Å²) in [5.74, 6) is 1.68. The minimum absolute atomic E-state index is 0.0539. The fraction of sp³-hybridized carbons (Fsp3) is 0.476. The van der Waals surface area contributed by atoms with Crippen LogP contribution in [0.25, 0.3) is 0 Å². The zero-order valence-electron chi connectivity index (χ0n) is 16.6. The van der Waals surface area contributed by atoms with Crippen LogP contribution in [0.5, 0.6) is 17.2 Å². The maximum atomic E-state index is 13.1. The van der Waals surface area contributed by atoms with Crippen LogP contribution >= 0.6 is 11.3 Å². The molecular formula is C21H27NO5S. The minimum atomic E-state index is 0.0539. The van der Waals surface area contributed by atoms with Crippen LogP contribution in [0.1, 0.15) is 23.3 Å². The summed E-state index contributed by atoms with van der Waals surface area (Å²) in [5.41, 5.74) is 0.822. The van der Waals surface area contributed by atoms with Gasteiger partial charge in [0.05, 0.1) is 40.4 Å². The number of carbonyl (C=O) groups is 1. The summed E-state index contributed by atoms with van der Waals surface area (Å²) in [7, 11) is 4.71. The van der Waals surface area contributed by atoms with Gasteiger partial charge in [0.15, 0.2) is 11.5 Å². The Morgan fingerprint density at radius 1 is 1.21 bits per heavy atom. The van der Waals surface area contributed by atoms with Crippen LogP contribution in [-0.4, -0.2) is 51.4 Å². The predicted molar refractivity (Wildman–Crippen MR) is 109 cm³/mol. The molecule has 28 heavy (non-hydrogen) atoms. The van der Waals surface area contributed by atoms with Gasteiger partial charge in [-0.1, -0.05) is 6.07 Å². The average molecular weight is 406 g/mol. The van der Waals surface area contributed by atoms with Gasteiger partial charge < -0.3 is 23.8 Å². The molecular weight excluding hydrogens is 378 g/mol. The lowest BCUT2D eigenvalue weighted by Gasteiger charge is -2.25. The maximum Gasteiger partial charge on any atom is 0.227 e. The molecule has 0 unspecified atom stereocenters. The lowest BCUT2D eigenvalue weighted by molar-refractivity contribution is -0.132. The Kier molecular flexibility index (Phi) is 7.17. The number of methoxy groups -OCH3 is 3. The Labute approximate surface area is 170 Å². The SMILES string of the molecule is COc1cc(CC(=O)N(Cc2cccs2)C[C@H]2CCCO2)cc(OC)c1OC. The Balaban J connectivity index is 1.78. The van der Waals surface area contributed by atoms with Crippen molar-refractivity contribution < 1.29 is 23.7 Å². The molecule has 1 aliphatic rings. The number of amides is 1. The number of hydrogen-bond donors (Lipinski definition) is 0. The molecule has 1 amide bonds. The van der Waals surface area contributed by atoms with E-state index in [4.69, 9.17) is 18.9 Å². The van der Waals surface area contributed by atoms with Gasteiger partial charge in [-0.05, 0) is 42.0 Å². The number of benzene rings is 1. The third-order valence-electron chi connectivity index (χ3n) is 4.81. The Morgan fingerprint density at radius 2 is 1.96 bits per heavy atom. The topological polar surface area (TPSA) is 57.2 Å². The van der Waals surface area contributed by atoms with Crippen LogP contribution in [0.15, 0.2) is 29.6 Å². The van der Waals surface area contributed by atoms with Gasteiger partial charge in [-0.25, -0.2) is 0 Å². The van der Waals surface area contributed by atoms with E-state index in [-0.39, 0.29) is 18.4 Å². The van der Waals surface area contributed by atoms with Crippen molar-refractivity contribution in [3.05, 3.63) is 40.1 Å². The monoisotopic (exact) mass is 405 g/mol. The van der Waals surface area contributed by atoms with E-state index in [1.807, 2.05) is 28.5 Å². The van der Waals surface area contributed by atoms with Crippen LogP contribution in [0.4, 0.5) is 0 Å². The van der Waals surface area contributed by atoms with Gasteiger partial charge >= 0.3 is 0 Å². The summed E-state index contributed by atoms with van der Waals surface area (Å²) < 4.78 is 21.9. The number of nitrogens with zero attached hydrogens (tertiary/aromatic N) is 1. The van der Waals surface area contributed by atoms with E-state index in [1.165, 1.54) is 0 Å². The summed E-state index contributed by atoms with van der Waals surface area (Å²) in [6, 6.07) is 7.72. The second-order valence-electron chi connectivity index (χ2n) is 6.70. The third-order valence-corrected chi connectivity index (χ3v) is 5.67. The number of thiophene rings is 1. The Morgan fingerprint density at radius 3 is 2.50 bits per heavy atom. The van der Waals surface area contributed by atoms with E-state index in [0.717, 1.165) is 29.9 Å². The van der Waals surface area contributed by atoms with E-state index in [2.05, 4.69) is 6.07 Å². The fourth-order valence-electron chi connectivity index (χ4n) is 3.40. The molecule has 3 rings (SSSR count). The van der Waals surface area contributed by atoms with Crippen molar-refractivity contribution in [3.8, 4) is 17.2 Å². The lowest BCUT2D eigenvalue weighted by atomic mass is 10.1. The molecule has 6 nitrogen and oxygen atoms in total. The molecule has 2 aromatic rings. The largest absolute Gasteiger partial charge is 0.493 e. The van der Waals surface area contributed by atoms with Crippen molar-refractivity contribution in [2.75, 3.05) is 34.5 Å².